The van der Waals surface area contributed by atoms with Crippen LogP contribution in [0.3, 0.4) is 0 Å². The topological polar surface area (TPSA) is 93.8 Å². The predicted molar refractivity (Wildman–Crippen MR) is 50.6 cm³/mol. The molecule has 7 heteroatoms. The molecule has 0 heterocycles. The molecule has 0 saturated carbocycles. The van der Waals surface area contributed by atoms with E-state index in [1.165, 1.54) is 0 Å². The molecule has 0 radical (unpaired) electrons. The van der Waals surface area contributed by atoms with Crippen molar-refractivity contribution in [3.63, 3.8) is 0 Å². The molecule has 0 aromatic rings. The molecule has 0 amide bonds. The van der Waals surface area contributed by atoms with Gasteiger partial charge in [0.2, 0.25) is 0 Å². The number of hydrogen-bond acceptors (Lipinski definition) is 6. The van der Waals surface area contributed by atoms with Gasteiger partial charge in [-0.25, -0.2) is 0 Å². The third-order valence-corrected chi connectivity index (χ3v) is 1.67. The number of ether oxygens (including phenoxy) is 3. The Hall–Kier alpha value is -0.0926. The Kier molecular flexibility index (Phi) is 10.3. The van der Waals surface area contributed by atoms with Crippen LogP contribution in [0.4, 0.5) is 0 Å². The van der Waals surface area contributed by atoms with Crippen molar-refractivity contribution in [3.8, 4) is 0 Å². The second-order valence-corrected chi connectivity index (χ2v) is 2.70. The van der Waals surface area contributed by atoms with E-state index in [9.17, 15) is 9.90 Å². The van der Waals surface area contributed by atoms with Crippen LogP contribution in [0.1, 0.15) is 20.8 Å². The zero-order chi connectivity index (χ0) is 11.9. The van der Waals surface area contributed by atoms with E-state index in [0.29, 0.717) is 0 Å². The van der Waals surface area contributed by atoms with E-state index in [2.05, 4.69) is 0 Å². The fourth-order valence-corrected chi connectivity index (χ4v) is 1.14. The first-order valence-corrected chi connectivity index (χ1v) is 4.92. The Morgan fingerprint density at radius 3 is 1.69 bits per heavy atom. The fourth-order valence-electron chi connectivity index (χ4n) is 1.14. The van der Waals surface area contributed by atoms with E-state index < -0.39 is 18.0 Å². The molecule has 0 unspecified atom stereocenters. The second kappa shape index (κ2) is 8.99. The minimum atomic E-state index is -1.75. The number of carbonyl (C=O) groups is 1. The average Bonchev–Trinajstić information content (AvgIpc) is 2.17. The van der Waals surface area contributed by atoms with E-state index in [0.717, 1.165) is 0 Å². The van der Waals surface area contributed by atoms with Gasteiger partial charge in [0.15, 0.2) is 0 Å². The van der Waals surface area contributed by atoms with E-state index >= 15 is 0 Å². The molecule has 0 aromatic carbocycles. The van der Waals surface area contributed by atoms with E-state index in [4.69, 9.17) is 19.9 Å². The second-order valence-electron chi connectivity index (χ2n) is 2.70. The average molecular weight is 227 g/mol. The maximum atomic E-state index is 10.7. The van der Waals surface area contributed by atoms with Gasteiger partial charge in [0.25, 0.3) is 0 Å². The van der Waals surface area contributed by atoms with Crippen molar-refractivity contribution in [1.29, 1.82) is 0 Å². The molecule has 6 nitrogen and oxygen atoms in total. The van der Waals surface area contributed by atoms with Gasteiger partial charge in [0.1, 0.15) is 6.04 Å². The first kappa shape index (κ1) is 18.3. The van der Waals surface area contributed by atoms with Crippen LogP contribution in [0.2, 0.25) is 0 Å². The van der Waals surface area contributed by atoms with Crippen molar-refractivity contribution in [3.05, 3.63) is 0 Å². The van der Waals surface area contributed by atoms with Gasteiger partial charge in [0, 0.05) is 19.8 Å². The number of carboxylic acid groups (broad SMARTS) is 1. The summed E-state index contributed by atoms with van der Waals surface area (Å²) in [6.45, 7) is 5.74. The Labute approximate surface area is 108 Å². The maximum Gasteiger partial charge on any atom is 1.00 e. The first-order valence-electron chi connectivity index (χ1n) is 4.92. The van der Waals surface area contributed by atoms with E-state index in [1.54, 1.807) is 20.8 Å². The fraction of sp³-hybridized carbons (Fsp3) is 0.889. The van der Waals surface area contributed by atoms with Gasteiger partial charge in [-0.05, 0) is 20.8 Å². The van der Waals surface area contributed by atoms with Gasteiger partial charge in [-0.2, -0.15) is 0 Å². The minimum Gasteiger partial charge on any atom is -0.548 e. The van der Waals surface area contributed by atoms with Crippen LogP contribution >= 0.6 is 0 Å². The summed E-state index contributed by atoms with van der Waals surface area (Å²) in [6, 6.07) is -1.49. The van der Waals surface area contributed by atoms with Crippen LogP contribution in [0.15, 0.2) is 0 Å². The number of carbonyl (C=O) groups excluding carboxylic acids is 1. The summed E-state index contributed by atoms with van der Waals surface area (Å²) in [6.07, 6.45) is 0. The summed E-state index contributed by atoms with van der Waals surface area (Å²) >= 11 is 0. The number of aliphatic carboxylic acids is 1. The zero-order valence-electron chi connectivity index (χ0n) is 10.3. The van der Waals surface area contributed by atoms with Crippen LogP contribution in [-0.2, 0) is 19.0 Å². The normalized spacial score (nSPS) is 13.0. The van der Waals surface area contributed by atoms with Crippen molar-refractivity contribution in [1.82, 2.24) is 0 Å². The zero-order valence-corrected chi connectivity index (χ0v) is 10.3. The molecular formula is C9H18LiNO5. The Balaban J connectivity index is 0. The number of nitrogens with two attached hydrogens (primary N) is 1. The van der Waals surface area contributed by atoms with Crippen LogP contribution in [0.25, 0.3) is 0 Å². The summed E-state index contributed by atoms with van der Waals surface area (Å²) in [5.74, 6) is -3.23. The molecule has 0 aromatic heterocycles. The van der Waals surface area contributed by atoms with Crippen LogP contribution in [0, 0.1) is 0 Å². The molecule has 1 atom stereocenters. The van der Waals surface area contributed by atoms with Crippen LogP contribution in [-0.4, -0.2) is 37.8 Å². The monoisotopic (exact) mass is 227 g/mol. The largest absolute Gasteiger partial charge is 1.00 e. The van der Waals surface area contributed by atoms with Crippen molar-refractivity contribution >= 4 is 5.97 Å². The molecule has 2 N–H and O–H groups in total. The summed E-state index contributed by atoms with van der Waals surface area (Å²) in [5, 5.41) is 10.7. The molecular weight excluding hydrogens is 209 g/mol. The van der Waals surface area contributed by atoms with Gasteiger partial charge >= 0.3 is 24.8 Å². The SMILES string of the molecule is CCOC(OCC)(OCC)[C@H](N)C(=O)[O-].[Li+]. The van der Waals surface area contributed by atoms with E-state index in [-0.39, 0.29) is 38.7 Å². The standard InChI is InChI=1S/C9H19NO5.Li/c1-4-13-9(14-5-2,15-6-3)7(10)8(11)12;/h7H,4-6,10H2,1-3H3,(H,11,12);/q;+1/p-1/t7-;/m1./s1. The predicted octanol–water partition coefficient (Wildman–Crippen LogP) is -4.17. The third kappa shape index (κ3) is 4.83. The quantitative estimate of drug-likeness (QED) is 0.334. The molecule has 0 aliphatic carbocycles. The first-order chi connectivity index (χ1) is 7.04. The van der Waals surface area contributed by atoms with E-state index in [1.807, 2.05) is 0 Å². The van der Waals surface area contributed by atoms with Crippen LogP contribution in [0.5, 0.6) is 0 Å². The summed E-state index contributed by atoms with van der Waals surface area (Å²) in [5.41, 5.74) is 5.42. The van der Waals surface area contributed by atoms with Gasteiger partial charge < -0.3 is 29.8 Å². The minimum absolute atomic E-state index is 0. The number of hydrogen-bond donors (Lipinski definition) is 1. The molecule has 0 aliphatic rings. The Morgan fingerprint density at radius 2 is 1.50 bits per heavy atom. The van der Waals surface area contributed by atoms with Crippen molar-refractivity contribution in [2.45, 2.75) is 32.8 Å². The van der Waals surface area contributed by atoms with Crippen LogP contribution < -0.4 is 29.7 Å². The third-order valence-electron chi connectivity index (χ3n) is 1.67. The molecule has 0 aliphatic heterocycles. The van der Waals surface area contributed by atoms with Crippen molar-refractivity contribution in [2.24, 2.45) is 5.73 Å². The Morgan fingerprint density at radius 1 is 1.19 bits per heavy atom. The molecule has 0 fully saturated rings. The Bertz CT molecular complexity index is 185. The molecule has 0 rings (SSSR count). The van der Waals surface area contributed by atoms with Crippen molar-refractivity contribution < 1.29 is 43.0 Å². The summed E-state index contributed by atoms with van der Waals surface area (Å²) in [7, 11) is 0. The van der Waals surface area contributed by atoms with Gasteiger partial charge in [-0.15, -0.1) is 0 Å². The molecule has 0 spiro atoms. The smallest absolute Gasteiger partial charge is 0.548 e. The van der Waals surface area contributed by atoms with Gasteiger partial charge in [-0.1, -0.05) is 0 Å². The molecule has 16 heavy (non-hydrogen) atoms. The van der Waals surface area contributed by atoms with Crippen molar-refractivity contribution in [2.75, 3.05) is 19.8 Å². The maximum absolute atomic E-state index is 10.7. The summed E-state index contributed by atoms with van der Waals surface area (Å²) in [4.78, 5) is 10.7. The van der Waals surface area contributed by atoms with Gasteiger partial charge in [-0.3, -0.25) is 0 Å². The molecule has 0 bridgehead atoms. The summed E-state index contributed by atoms with van der Waals surface area (Å²) < 4.78 is 15.4. The number of rotatable bonds is 8. The number of carboxylic acids is 1. The van der Waals surface area contributed by atoms with Gasteiger partial charge in [0.05, 0.1) is 5.97 Å². The molecule has 0 saturated heterocycles. The molecule has 90 valence electrons.